The van der Waals surface area contributed by atoms with Crippen LogP contribution in [-0.2, 0) is 19.6 Å². The lowest BCUT2D eigenvalue weighted by Crippen LogP contribution is -2.31. The topological polar surface area (TPSA) is 13.7 Å². The van der Waals surface area contributed by atoms with E-state index in [0.29, 0.717) is 0 Å². The van der Waals surface area contributed by atoms with Crippen molar-refractivity contribution in [2.45, 2.75) is 45.8 Å². The number of hydrogen-bond acceptors (Lipinski definition) is 0. The van der Waals surface area contributed by atoms with Crippen molar-refractivity contribution in [1.82, 2.24) is 9.13 Å². The number of aromatic nitrogens is 3. The lowest BCUT2D eigenvalue weighted by atomic mass is 10.3. The minimum absolute atomic E-state index is 1.09. The molecule has 3 nitrogen and oxygen atoms in total. The molecule has 124 valence electrons. The molecule has 22 heavy (non-hydrogen) atoms. The molecule has 0 aliphatic carbocycles. The number of nitrogens with zero attached hydrogens (tertiary/aromatic N) is 3. The van der Waals surface area contributed by atoms with Gasteiger partial charge in [0.2, 0.25) is 6.33 Å². The summed E-state index contributed by atoms with van der Waals surface area (Å²) < 4.78 is 45.8. The Labute approximate surface area is 128 Å². The Hall–Kier alpha value is -1.73. The molecule has 0 amide bonds. The summed E-state index contributed by atoms with van der Waals surface area (Å²) in [6.45, 7) is 5.56. The molecule has 8 heteroatoms. The van der Waals surface area contributed by atoms with E-state index >= 15 is 0 Å². The van der Waals surface area contributed by atoms with Crippen molar-refractivity contribution in [3.05, 3.63) is 43.2 Å². The fourth-order valence-corrected chi connectivity index (χ4v) is 2.00. The van der Waals surface area contributed by atoms with Crippen molar-refractivity contribution in [3.63, 3.8) is 0 Å². The third kappa shape index (κ3) is 9.25. The molecule has 2 rings (SSSR count). The van der Waals surface area contributed by atoms with Crippen molar-refractivity contribution in [2.75, 3.05) is 0 Å². The van der Waals surface area contributed by atoms with Crippen molar-refractivity contribution in [3.8, 4) is 0 Å². The van der Waals surface area contributed by atoms with Crippen molar-refractivity contribution in [2.24, 2.45) is 0 Å². The first kappa shape index (κ1) is 18.3. The molecule has 0 aromatic carbocycles. The average molecular weight is 319 g/mol. The van der Waals surface area contributed by atoms with E-state index in [1.54, 1.807) is 0 Å². The lowest BCUT2D eigenvalue weighted by molar-refractivity contribution is -0.697. The van der Waals surface area contributed by atoms with Gasteiger partial charge in [0.25, 0.3) is 0 Å². The highest BCUT2D eigenvalue weighted by atomic mass is 19.5. The van der Waals surface area contributed by atoms with Crippen LogP contribution in [0.2, 0.25) is 0 Å². The van der Waals surface area contributed by atoms with Crippen LogP contribution in [0.1, 0.15) is 26.2 Å². The zero-order valence-electron chi connectivity index (χ0n) is 12.7. The van der Waals surface area contributed by atoms with Gasteiger partial charge in [0.05, 0.1) is 13.1 Å². The minimum atomic E-state index is -6.00. The van der Waals surface area contributed by atoms with Crippen molar-refractivity contribution >= 4 is 7.25 Å². The van der Waals surface area contributed by atoms with Crippen LogP contribution in [0.15, 0.2) is 43.2 Å². The first-order valence-corrected chi connectivity index (χ1v) is 7.41. The molecular formula is C14H22BF4N3. The zero-order chi connectivity index (χ0) is 16.4. The second-order valence-corrected chi connectivity index (χ2v) is 5.01. The molecule has 2 aromatic heterocycles. The Morgan fingerprint density at radius 1 is 0.909 bits per heavy atom. The van der Waals surface area contributed by atoms with Gasteiger partial charge in [0.1, 0.15) is 12.4 Å². The van der Waals surface area contributed by atoms with Crippen LogP contribution in [0.25, 0.3) is 0 Å². The SMILES string of the molecule is CCCCn1cc[n+](CCCn2cccc2)c1.F[B-](F)(F)F. The highest BCUT2D eigenvalue weighted by Gasteiger charge is 2.20. The largest absolute Gasteiger partial charge is 0.673 e. The van der Waals surface area contributed by atoms with E-state index in [4.69, 9.17) is 0 Å². The van der Waals surface area contributed by atoms with E-state index in [9.17, 15) is 17.3 Å². The van der Waals surface area contributed by atoms with E-state index in [1.165, 1.54) is 19.3 Å². The predicted molar refractivity (Wildman–Crippen MR) is 78.8 cm³/mol. The summed E-state index contributed by atoms with van der Waals surface area (Å²) in [7, 11) is -6.00. The smallest absolute Gasteiger partial charge is 0.418 e. The van der Waals surface area contributed by atoms with Crippen LogP contribution in [0.5, 0.6) is 0 Å². The second kappa shape index (κ2) is 9.32. The maximum atomic E-state index is 9.75. The summed E-state index contributed by atoms with van der Waals surface area (Å²) in [4.78, 5) is 0. The maximum Gasteiger partial charge on any atom is 0.673 e. The zero-order valence-corrected chi connectivity index (χ0v) is 12.7. The number of rotatable bonds is 7. The van der Waals surface area contributed by atoms with E-state index in [2.05, 4.69) is 63.9 Å². The van der Waals surface area contributed by atoms with Gasteiger partial charge in [-0.15, -0.1) is 0 Å². The Kier molecular flexibility index (Phi) is 7.77. The number of aryl methyl sites for hydroxylation is 3. The van der Waals surface area contributed by atoms with E-state index in [0.717, 1.165) is 19.6 Å². The van der Waals surface area contributed by atoms with Crippen molar-refractivity contribution < 1.29 is 21.8 Å². The first-order chi connectivity index (χ1) is 10.4. The maximum absolute atomic E-state index is 9.75. The molecule has 0 saturated carbocycles. The van der Waals surface area contributed by atoms with E-state index < -0.39 is 7.25 Å². The Balaban J connectivity index is 0.000000422. The molecule has 0 aliphatic rings. The molecule has 0 saturated heterocycles. The van der Waals surface area contributed by atoms with Crippen LogP contribution in [0.3, 0.4) is 0 Å². The summed E-state index contributed by atoms with van der Waals surface area (Å²) in [5.74, 6) is 0. The highest BCUT2D eigenvalue weighted by molar-refractivity contribution is 6.50. The number of unbranched alkanes of at least 4 members (excludes halogenated alkanes) is 1. The summed E-state index contributed by atoms with van der Waals surface area (Å²) in [5.41, 5.74) is 0. The van der Waals surface area contributed by atoms with Gasteiger partial charge in [-0.1, -0.05) is 13.3 Å². The monoisotopic (exact) mass is 319 g/mol. The Morgan fingerprint density at radius 3 is 2.09 bits per heavy atom. The van der Waals surface area contributed by atoms with Crippen LogP contribution < -0.4 is 4.57 Å². The molecule has 2 aromatic rings. The quantitative estimate of drug-likeness (QED) is 0.419. The molecule has 0 atom stereocenters. The molecule has 0 radical (unpaired) electrons. The van der Waals surface area contributed by atoms with Gasteiger partial charge in [-0.2, -0.15) is 0 Å². The van der Waals surface area contributed by atoms with Crippen LogP contribution in [0, 0.1) is 0 Å². The minimum Gasteiger partial charge on any atom is -0.418 e. The first-order valence-electron chi connectivity index (χ1n) is 7.41. The summed E-state index contributed by atoms with van der Waals surface area (Å²) in [5, 5.41) is 0. The average Bonchev–Trinajstić information content (AvgIpc) is 3.06. The summed E-state index contributed by atoms with van der Waals surface area (Å²) in [6, 6.07) is 4.16. The molecule has 2 heterocycles. The van der Waals surface area contributed by atoms with Gasteiger partial charge in [0.15, 0.2) is 0 Å². The molecule has 0 aliphatic heterocycles. The fraction of sp³-hybridized carbons (Fsp3) is 0.500. The third-order valence-electron chi connectivity index (χ3n) is 3.01. The molecule has 0 fully saturated rings. The molecule has 0 unspecified atom stereocenters. The lowest BCUT2D eigenvalue weighted by Gasteiger charge is -2.00. The van der Waals surface area contributed by atoms with E-state index in [1.807, 2.05) is 0 Å². The van der Waals surface area contributed by atoms with Gasteiger partial charge >= 0.3 is 7.25 Å². The van der Waals surface area contributed by atoms with Gasteiger partial charge in [-0.3, -0.25) is 0 Å². The van der Waals surface area contributed by atoms with Gasteiger partial charge in [0, 0.05) is 25.4 Å². The summed E-state index contributed by atoms with van der Waals surface area (Å²) >= 11 is 0. The Bertz CT molecular complexity index is 502. The standard InChI is InChI=1S/C14H22N3.BF4/c1-2-3-7-16-12-13-17(14-16)11-6-10-15-8-4-5-9-15;2-1(3,4)5/h4-5,8-9,12-14H,2-3,6-7,10-11H2,1H3;/q+1;-1. The van der Waals surface area contributed by atoms with E-state index in [-0.39, 0.29) is 0 Å². The molecule has 0 bridgehead atoms. The fourth-order valence-electron chi connectivity index (χ4n) is 2.00. The van der Waals surface area contributed by atoms with Crippen molar-refractivity contribution in [1.29, 1.82) is 0 Å². The van der Waals surface area contributed by atoms with Gasteiger partial charge in [-0.05, 0) is 18.6 Å². The summed E-state index contributed by atoms with van der Waals surface area (Å²) in [6.07, 6.45) is 14.5. The predicted octanol–water partition coefficient (Wildman–Crippen LogP) is 3.77. The molecule has 0 N–H and O–H groups in total. The van der Waals surface area contributed by atoms with Crippen LogP contribution in [0.4, 0.5) is 17.3 Å². The van der Waals surface area contributed by atoms with Crippen LogP contribution >= 0.6 is 0 Å². The Morgan fingerprint density at radius 2 is 1.50 bits per heavy atom. The van der Waals surface area contributed by atoms with Crippen LogP contribution in [-0.4, -0.2) is 16.4 Å². The third-order valence-corrected chi connectivity index (χ3v) is 3.01. The molecule has 0 spiro atoms. The van der Waals surface area contributed by atoms with Gasteiger partial charge in [-0.25, -0.2) is 9.13 Å². The van der Waals surface area contributed by atoms with Gasteiger partial charge < -0.3 is 21.8 Å². The highest BCUT2D eigenvalue weighted by Crippen LogP contribution is 2.06. The number of hydrogen-bond donors (Lipinski definition) is 0. The normalized spacial score (nSPS) is 11.1. The number of imidazole rings is 1. The second-order valence-electron chi connectivity index (χ2n) is 5.01. The molecular weight excluding hydrogens is 297 g/mol. The number of halogens is 4.